The van der Waals surface area contributed by atoms with Crippen LogP contribution in [0.1, 0.15) is 12.8 Å². The Hall–Kier alpha value is -1.60. The number of carbonyl (C=O) groups excluding carboxylic acids is 1. The summed E-state index contributed by atoms with van der Waals surface area (Å²) >= 11 is 1.37. The van der Waals surface area contributed by atoms with E-state index in [-0.39, 0.29) is 17.6 Å². The molecule has 1 aromatic rings. The molecule has 1 aromatic carbocycles. The van der Waals surface area contributed by atoms with Gasteiger partial charge in [0.05, 0.1) is 10.7 Å². The number of hydrogen-bond acceptors (Lipinski definition) is 5. The molecule has 1 saturated heterocycles. The van der Waals surface area contributed by atoms with Crippen molar-refractivity contribution in [2.75, 3.05) is 19.0 Å². The van der Waals surface area contributed by atoms with Crippen LogP contribution >= 0.6 is 11.8 Å². The molecule has 1 N–H and O–H groups in total. The molecule has 108 valence electrons. The first-order valence-corrected chi connectivity index (χ1v) is 7.38. The van der Waals surface area contributed by atoms with Crippen LogP contribution in [0.3, 0.4) is 0 Å². The minimum absolute atomic E-state index is 0.0137. The summed E-state index contributed by atoms with van der Waals surface area (Å²) in [5, 5.41) is 13.5. The molecule has 0 unspecified atom stereocenters. The first-order chi connectivity index (χ1) is 9.65. The summed E-state index contributed by atoms with van der Waals surface area (Å²) in [6.07, 6.45) is 1.71. The van der Waals surface area contributed by atoms with Gasteiger partial charge in [-0.3, -0.25) is 14.9 Å². The van der Waals surface area contributed by atoms with Gasteiger partial charge in [-0.2, -0.15) is 0 Å². The third-order valence-electron chi connectivity index (χ3n) is 3.00. The van der Waals surface area contributed by atoms with Crippen LogP contribution in [0, 0.1) is 10.1 Å². The van der Waals surface area contributed by atoms with Gasteiger partial charge >= 0.3 is 0 Å². The van der Waals surface area contributed by atoms with E-state index in [1.165, 1.54) is 23.9 Å². The van der Waals surface area contributed by atoms with E-state index in [9.17, 15) is 14.9 Å². The Kier molecular flexibility index (Phi) is 5.37. The van der Waals surface area contributed by atoms with Crippen LogP contribution in [-0.4, -0.2) is 35.8 Å². The van der Waals surface area contributed by atoms with Crippen LogP contribution in [0.4, 0.5) is 5.69 Å². The molecule has 1 aliphatic rings. The Morgan fingerprint density at radius 1 is 1.35 bits per heavy atom. The minimum Gasteiger partial charge on any atom is -0.381 e. The minimum atomic E-state index is -0.438. The molecule has 0 spiro atoms. The number of hydrogen-bond donors (Lipinski definition) is 1. The molecular formula is C13H16N2O4S. The quantitative estimate of drug-likeness (QED) is 0.510. The number of ether oxygens (including phenoxy) is 1. The topological polar surface area (TPSA) is 81.5 Å². The van der Waals surface area contributed by atoms with E-state index in [0.717, 1.165) is 17.7 Å². The summed E-state index contributed by atoms with van der Waals surface area (Å²) in [6, 6.07) is 6.40. The predicted molar refractivity (Wildman–Crippen MR) is 75.8 cm³/mol. The molecule has 1 amide bonds. The lowest BCUT2D eigenvalue weighted by molar-refractivity contribution is -0.384. The summed E-state index contributed by atoms with van der Waals surface area (Å²) < 4.78 is 5.23. The molecule has 0 saturated carbocycles. The summed E-state index contributed by atoms with van der Waals surface area (Å²) in [5.74, 6) is 0.301. The van der Waals surface area contributed by atoms with E-state index in [4.69, 9.17) is 4.74 Å². The van der Waals surface area contributed by atoms with Crippen LogP contribution in [0.25, 0.3) is 0 Å². The second-order valence-corrected chi connectivity index (χ2v) is 5.54. The monoisotopic (exact) mass is 296 g/mol. The average molecular weight is 296 g/mol. The Morgan fingerprint density at radius 2 is 2.00 bits per heavy atom. The Bertz CT molecular complexity index is 472. The van der Waals surface area contributed by atoms with Crippen molar-refractivity contribution in [1.29, 1.82) is 0 Å². The van der Waals surface area contributed by atoms with Gasteiger partial charge in [0.1, 0.15) is 0 Å². The van der Waals surface area contributed by atoms with Crippen molar-refractivity contribution in [3.05, 3.63) is 34.4 Å². The number of nitro benzene ring substituents is 1. The maximum absolute atomic E-state index is 11.8. The van der Waals surface area contributed by atoms with Gasteiger partial charge in [0.25, 0.3) is 5.69 Å². The second-order valence-electron chi connectivity index (χ2n) is 4.49. The third-order valence-corrected chi connectivity index (χ3v) is 4.02. The van der Waals surface area contributed by atoms with Crippen LogP contribution in [-0.2, 0) is 9.53 Å². The number of nitrogens with zero attached hydrogens (tertiary/aromatic N) is 1. The van der Waals surface area contributed by atoms with Crippen LogP contribution in [0.5, 0.6) is 0 Å². The molecule has 0 aromatic heterocycles. The predicted octanol–water partition coefficient (Wildman–Crippen LogP) is 1.98. The van der Waals surface area contributed by atoms with Crippen LogP contribution < -0.4 is 5.32 Å². The Balaban J connectivity index is 1.76. The van der Waals surface area contributed by atoms with Gasteiger partial charge in [-0.15, -0.1) is 11.8 Å². The largest absolute Gasteiger partial charge is 0.381 e. The third kappa shape index (κ3) is 4.50. The number of carbonyl (C=O) groups is 1. The lowest BCUT2D eigenvalue weighted by Crippen LogP contribution is -2.39. The lowest BCUT2D eigenvalue weighted by Gasteiger charge is -2.22. The zero-order valence-corrected chi connectivity index (χ0v) is 11.7. The number of thioether (sulfide) groups is 1. The molecule has 20 heavy (non-hydrogen) atoms. The molecule has 7 heteroatoms. The number of non-ortho nitro benzene ring substituents is 1. The van der Waals surface area contributed by atoms with Crippen molar-refractivity contribution >= 4 is 23.4 Å². The molecule has 6 nitrogen and oxygen atoms in total. The Morgan fingerprint density at radius 3 is 2.60 bits per heavy atom. The maximum Gasteiger partial charge on any atom is 0.269 e. The molecule has 1 heterocycles. The van der Waals surface area contributed by atoms with Crippen molar-refractivity contribution in [2.24, 2.45) is 0 Å². The highest BCUT2D eigenvalue weighted by molar-refractivity contribution is 8.00. The number of benzene rings is 1. The van der Waals surface area contributed by atoms with E-state index in [0.29, 0.717) is 19.0 Å². The number of amides is 1. The number of rotatable bonds is 5. The summed E-state index contributed by atoms with van der Waals surface area (Å²) in [5.41, 5.74) is 0.0565. The maximum atomic E-state index is 11.8. The van der Waals surface area contributed by atoms with Crippen molar-refractivity contribution in [1.82, 2.24) is 5.32 Å². The molecular weight excluding hydrogens is 280 g/mol. The highest BCUT2D eigenvalue weighted by Crippen LogP contribution is 2.21. The SMILES string of the molecule is O=C(CSc1ccc([N+](=O)[O-])cc1)NC1CCOCC1. The Labute approximate surface area is 121 Å². The van der Waals surface area contributed by atoms with E-state index >= 15 is 0 Å². The lowest BCUT2D eigenvalue weighted by atomic mass is 10.1. The van der Waals surface area contributed by atoms with Gasteiger partial charge in [0.2, 0.25) is 5.91 Å². The van der Waals surface area contributed by atoms with E-state index in [1.807, 2.05) is 0 Å². The van der Waals surface area contributed by atoms with E-state index in [2.05, 4.69) is 5.32 Å². The highest BCUT2D eigenvalue weighted by Gasteiger charge is 2.16. The normalized spacial score (nSPS) is 15.8. The summed E-state index contributed by atoms with van der Waals surface area (Å²) in [6.45, 7) is 1.39. The fourth-order valence-corrected chi connectivity index (χ4v) is 2.63. The molecule has 0 atom stereocenters. The van der Waals surface area contributed by atoms with Gasteiger partial charge in [0.15, 0.2) is 0 Å². The number of nitro groups is 1. The second kappa shape index (κ2) is 7.25. The molecule has 1 fully saturated rings. The summed E-state index contributed by atoms with van der Waals surface area (Å²) in [4.78, 5) is 22.7. The van der Waals surface area contributed by atoms with Crippen LogP contribution in [0.2, 0.25) is 0 Å². The van der Waals surface area contributed by atoms with Gasteiger partial charge < -0.3 is 10.1 Å². The van der Waals surface area contributed by atoms with Gasteiger partial charge in [-0.05, 0) is 25.0 Å². The van der Waals surface area contributed by atoms with Crippen molar-refractivity contribution in [3.63, 3.8) is 0 Å². The van der Waals surface area contributed by atoms with Gasteiger partial charge in [0, 0.05) is 36.3 Å². The van der Waals surface area contributed by atoms with Crippen LogP contribution in [0.15, 0.2) is 29.2 Å². The molecule has 2 rings (SSSR count). The number of nitrogens with one attached hydrogen (secondary N) is 1. The zero-order valence-electron chi connectivity index (χ0n) is 10.9. The van der Waals surface area contributed by atoms with Gasteiger partial charge in [-0.25, -0.2) is 0 Å². The van der Waals surface area contributed by atoms with Crippen molar-refractivity contribution < 1.29 is 14.5 Å². The molecule has 0 radical (unpaired) electrons. The molecule has 0 aliphatic carbocycles. The van der Waals surface area contributed by atoms with Crippen molar-refractivity contribution in [2.45, 2.75) is 23.8 Å². The van der Waals surface area contributed by atoms with E-state index in [1.54, 1.807) is 12.1 Å². The molecule has 0 bridgehead atoms. The fraction of sp³-hybridized carbons (Fsp3) is 0.462. The first kappa shape index (κ1) is 14.8. The zero-order chi connectivity index (χ0) is 14.4. The fourth-order valence-electron chi connectivity index (χ4n) is 1.92. The van der Waals surface area contributed by atoms with E-state index < -0.39 is 4.92 Å². The average Bonchev–Trinajstić information content (AvgIpc) is 2.46. The smallest absolute Gasteiger partial charge is 0.269 e. The first-order valence-electron chi connectivity index (χ1n) is 6.39. The van der Waals surface area contributed by atoms with Crippen molar-refractivity contribution in [3.8, 4) is 0 Å². The highest BCUT2D eigenvalue weighted by atomic mass is 32.2. The standard InChI is InChI=1S/C13H16N2O4S/c16-13(14-10-5-7-19-8-6-10)9-20-12-3-1-11(2-4-12)15(17)18/h1-4,10H,5-9H2,(H,14,16). The van der Waals surface area contributed by atoms with Gasteiger partial charge in [-0.1, -0.05) is 0 Å². The summed E-state index contributed by atoms with van der Waals surface area (Å²) in [7, 11) is 0. The molecule has 1 aliphatic heterocycles.